The molecule has 0 aromatic carbocycles. The number of rotatable bonds is 6. The van der Waals surface area contributed by atoms with Crippen LogP contribution in [0.3, 0.4) is 0 Å². The van der Waals surface area contributed by atoms with Gasteiger partial charge < -0.3 is 0 Å². The van der Waals surface area contributed by atoms with E-state index in [-0.39, 0.29) is 5.78 Å². The predicted octanol–water partition coefficient (Wildman–Crippen LogP) is 2.85. The maximum absolute atomic E-state index is 11.7. The fourth-order valence-corrected chi connectivity index (χ4v) is 2.27. The van der Waals surface area contributed by atoms with Gasteiger partial charge in [0.05, 0.1) is 11.3 Å². The van der Waals surface area contributed by atoms with Crippen LogP contribution in [0, 0.1) is 13.8 Å². The minimum absolute atomic E-state index is 0.200. The zero-order chi connectivity index (χ0) is 12.1. The fraction of sp³-hybridized carbons (Fsp3) is 0.667. The van der Waals surface area contributed by atoms with Crippen LogP contribution in [0.5, 0.6) is 0 Å². The van der Waals surface area contributed by atoms with Gasteiger partial charge in [0.1, 0.15) is 0 Å². The van der Waals surface area contributed by atoms with Crippen molar-refractivity contribution < 1.29 is 4.79 Å². The van der Waals surface area contributed by atoms with Gasteiger partial charge in [0.25, 0.3) is 0 Å². The molecular formula is C12H20N2OS. The van der Waals surface area contributed by atoms with Crippen molar-refractivity contribution in [1.82, 2.24) is 9.78 Å². The van der Waals surface area contributed by atoms with E-state index in [1.54, 1.807) is 0 Å². The molecule has 1 aromatic rings. The highest BCUT2D eigenvalue weighted by molar-refractivity contribution is 7.98. The zero-order valence-corrected chi connectivity index (χ0v) is 11.4. The van der Waals surface area contributed by atoms with Crippen LogP contribution in [0.4, 0.5) is 0 Å². The van der Waals surface area contributed by atoms with E-state index < -0.39 is 0 Å². The fourth-order valence-electron chi connectivity index (χ4n) is 1.85. The maximum Gasteiger partial charge on any atom is 0.166 e. The molecule has 4 heteroatoms. The van der Waals surface area contributed by atoms with E-state index in [2.05, 4.69) is 11.4 Å². The largest absolute Gasteiger partial charge is 0.294 e. The first-order chi connectivity index (χ1) is 7.61. The number of aromatic nitrogens is 2. The Morgan fingerprint density at radius 1 is 1.44 bits per heavy atom. The van der Waals surface area contributed by atoms with Gasteiger partial charge in [0.15, 0.2) is 5.78 Å². The van der Waals surface area contributed by atoms with E-state index in [0.29, 0.717) is 6.42 Å². The summed E-state index contributed by atoms with van der Waals surface area (Å²) >= 11 is 1.84. The van der Waals surface area contributed by atoms with Crippen LogP contribution in [0.2, 0.25) is 0 Å². The zero-order valence-electron chi connectivity index (χ0n) is 10.5. The van der Waals surface area contributed by atoms with Gasteiger partial charge in [-0.3, -0.25) is 9.48 Å². The summed E-state index contributed by atoms with van der Waals surface area (Å²) in [4.78, 5) is 11.7. The van der Waals surface area contributed by atoms with E-state index in [1.807, 2.05) is 37.2 Å². The van der Waals surface area contributed by atoms with Crippen LogP contribution in [-0.2, 0) is 6.54 Å². The molecule has 0 spiro atoms. The summed E-state index contributed by atoms with van der Waals surface area (Å²) in [7, 11) is 0. The van der Waals surface area contributed by atoms with Gasteiger partial charge in [-0.05, 0) is 32.3 Å². The quantitative estimate of drug-likeness (QED) is 0.566. The molecule has 0 fully saturated rings. The molecule has 3 nitrogen and oxygen atoms in total. The number of ketones is 1. The van der Waals surface area contributed by atoms with Crippen LogP contribution in [-0.4, -0.2) is 27.6 Å². The monoisotopic (exact) mass is 240 g/mol. The van der Waals surface area contributed by atoms with Crippen LogP contribution in [0.15, 0.2) is 0 Å². The van der Waals surface area contributed by atoms with E-state index in [0.717, 1.165) is 35.7 Å². The molecule has 0 aliphatic rings. The van der Waals surface area contributed by atoms with Crippen LogP contribution < -0.4 is 0 Å². The van der Waals surface area contributed by atoms with E-state index in [1.165, 1.54) is 0 Å². The highest BCUT2D eigenvalue weighted by Crippen LogP contribution is 2.15. The van der Waals surface area contributed by atoms with Crippen LogP contribution in [0.25, 0.3) is 0 Å². The third-order valence-electron chi connectivity index (χ3n) is 2.70. The van der Waals surface area contributed by atoms with E-state index in [4.69, 9.17) is 0 Å². The maximum atomic E-state index is 11.7. The summed E-state index contributed by atoms with van der Waals surface area (Å²) in [5.41, 5.74) is 2.71. The SMILES string of the molecule is CCC(=O)c1c(C)nn(CCCSC)c1C. The molecule has 0 saturated heterocycles. The number of carbonyl (C=O) groups excluding carboxylic acids is 1. The van der Waals surface area contributed by atoms with E-state index >= 15 is 0 Å². The summed E-state index contributed by atoms with van der Waals surface area (Å²) in [6, 6.07) is 0. The first kappa shape index (κ1) is 13.3. The van der Waals surface area contributed by atoms with Crippen LogP contribution in [0.1, 0.15) is 41.5 Å². The molecule has 16 heavy (non-hydrogen) atoms. The second-order valence-corrected chi connectivity index (χ2v) is 4.88. The Kier molecular flexibility index (Phi) is 5.06. The minimum atomic E-state index is 0.200. The molecule has 0 aliphatic heterocycles. The first-order valence-corrected chi connectivity index (χ1v) is 7.07. The summed E-state index contributed by atoms with van der Waals surface area (Å²) in [6.45, 7) is 6.71. The Morgan fingerprint density at radius 3 is 2.69 bits per heavy atom. The smallest absolute Gasteiger partial charge is 0.166 e. The normalized spacial score (nSPS) is 10.8. The molecule has 1 heterocycles. The summed E-state index contributed by atoms with van der Waals surface area (Å²) in [5.74, 6) is 1.33. The second kappa shape index (κ2) is 6.09. The number of nitrogens with zero attached hydrogens (tertiary/aromatic N) is 2. The van der Waals surface area contributed by atoms with Crippen molar-refractivity contribution in [3.63, 3.8) is 0 Å². The predicted molar refractivity (Wildman–Crippen MR) is 69.3 cm³/mol. The van der Waals surface area contributed by atoms with Crippen LogP contribution >= 0.6 is 11.8 Å². The van der Waals surface area contributed by atoms with Crippen molar-refractivity contribution in [2.24, 2.45) is 0 Å². The first-order valence-electron chi connectivity index (χ1n) is 5.68. The van der Waals surface area contributed by atoms with Crippen molar-refractivity contribution in [3.8, 4) is 0 Å². The lowest BCUT2D eigenvalue weighted by Gasteiger charge is -2.03. The highest BCUT2D eigenvalue weighted by Gasteiger charge is 2.16. The average molecular weight is 240 g/mol. The Bertz CT molecular complexity index is 371. The molecule has 0 saturated carbocycles. The second-order valence-electron chi connectivity index (χ2n) is 3.89. The highest BCUT2D eigenvalue weighted by atomic mass is 32.2. The number of Topliss-reactive ketones (excluding diaryl/α,β-unsaturated/α-hetero) is 1. The molecule has 1 rings (SSSR count). The van der Waals surface area contributed by atoms with Gasteiger partial charge in [-0.15, -0.1) is 0 Å². The molecule has 0 unspecified atom stereocenters. The molecule has 0 amide bonds. The van der Waals surface area contributed by atoms with Crippen molar-refractivity contribution in [2.45, 2.75) is 40.2 Å². The van der Waals surface area contributed by atoms with Crippen molar-refractivity contribution in [1.29, 1.82) is 0 Å². The lowest BCUT2D eigenvalue weighted by Crippen LogP contribution is -2.05. The third-order valence-corrected chi connectivity index (χ3v) is 3.40. The Labute approximate surface area is 102 Å². The Hall–Kier alpha value is -0.770. The number of hydrogen-bond donors (Lipinski definition) is 0. The summed E-state index contributed by atoms with van der Waals surface area (Å²) < 4.78 is 1.97. The van der Waals surface area contributed by atoms with Gasteiger partial charge in [-0.2, -0.15) is 16.9 Å². The standard InChI is InChI=1S/C12H20N2OS/c1-5-11(15)12-9(2)13-14(10(12)3)7-6-8-16-4/h5-8H2,1-4H3. The molecule has 1 aromatic heterocycles. The molecule has 0 radical (unpaired) electrons. The van der Waals surface area contributed by atoms with Crippen molar-refractivity contribution >= 4 is 17.5 Å². The minimum Gasteiger partial charge on any atom is -0.294 e. The molecule has 0 aliphatic carbocycles. The van der Waals surface area contributed by atoms with Gasteiger partial charge in [0, 0.05) is 18.7 Å². The van der Waals surface area contributed by atoms with Gasteiger partial charge >= 0.3 is 0 Å². The Balaban J connectivity index is 2.84. The number of aryl methyl sites for hydroxylation is 2. The lowest BCUT2D eigenvalue weighted by atomic mass is 10.1. The lowest BCUT2D eigenvalue weighted by molar-refractivity contribution is 0.0987. The molecular weight excluding hydrogens is 220 g/mol. The summed E-state index contributed by atoms with van der Waals surface area (Å²) in [6.07, 6.45) is 3.76. The van der Waals surface area contributed by atoms with Gasteiger partial charge in [-0.25, -0.2) is 0 Å². The Morgan fingerprint density at radius 2 is 2.12 bits per heavy atom. The number of carbonyl (C=O) groups is 1. The topological polar surface area (TPSA) is 34.9 Å². The van der Waals surface area contributed by atoms with Gasteiger partial charge in [-0.1, -0.05) is 6.92 Å². The molecule has 0 N–H and O–H groups in total. The number of thioether (sulfide) groups is 1. The number of hydrogen-bond acceptors (Lipinski definition) is 3. The van der Waals surface area contributed by atoms with Gasteiger partial charge in [0.2, 0.25) is 0 Å². The summed E-state index contributed by atoms with van der Waals surface area (Å²) in [5, 5.41) is 4.44. The van der Waals surface area contributed by atoms with Crippen molar-refractivity contribution in [2.75, 3.05) is 12.0 Å². The molecule has 0 bridgehead atoms. The third kappa shape index (κ3) is 2.88. The van der Waals surface area contributed by atoms with E-state index in [9.17, 15) is 4.79 Å². The average Bonchev–Trinajstić information content (AvgIpc) is 2.54. The van der Waals surface area contributed by atoms with Crippen molar-refractivity contribution in [3.05, 3.63) is 17.0 Å². The molecule has 90 valence electrons. The molecule has 0 atom stereocenters.